The predicted molar refractivity (Wildman–Crippen MR) is 30.1 cm³/mol. The summed E-state index contributed by atoms with van der Waals surface area (Å²) in [5.41, 5.74) is 0.861. The first-order valence-electron chi connectivity index (χ1n) is 2.36. The molecule has 0 spiro atoms. The summed E-state index contributed by atoms with van der Waals surface area (Å²) in [4.78, 5) is 0. The average molecular weight is 101 g/mol. The van der Waals surface area contributed by atoms with Crippen molar-refractivity contribution in [2.24, 2.45) is 0 Å². The second kappa shape index (κ2) is 3.53. The van der Waals surface area contributed by atoms with E-state index >= 15 is 0 Å². The normalized spacial score (nSPS) is 11.4. The van der Waals surface area contributed by atoms with Gasteiger partial charge in [-0.3, -0.25) is 0 Å². The van der Waals surface area contributed by atoms with Crippen LogP contribution in [-0.2, 0) is 0 Å². The summed E-state index contributed by atoms with van der Waals surface area (Å²) in [6.45, 7) is 1.97. The Bertz CT molecular complexity index is 62.5. The molecule has 0 fully saturated rings. The van der Waals surface area contributed by atoms with E-state index in [0.717, 1.165) is 18.4 Å². The highest BCUT2D eigenvalue weighted by Crippen LogP contribution is 1.89. The van der Waals surface area contributed by atoms with E-state index < -0.39 is 0 Å². The monoisotopic (exact) mass is 101 g/mol. The molecule has 2 heteroatoms. The van der Waals surface area contributed by atoms with Crippen LogP contribution in [-0.4, -0.2) is 12.2 Å². The summed E-state index contributed by atoms with van der Waals surface area (Å²) in [7, 11) is 1.78. The molecule has 0 aromatic heterocycles. The van der Waals surface area contributed by atoms with E-state index in [1.807, 2.05) is 6.92 Å². The fourth-order valence-electron chi connectivity index (χ4n) is 0.333. The maximum atomic E-state index is 8.30. The summed E-state index contributed by atoms with van der Waals surface area (Å²) < 4.78 is 0. The zero-order valence-electron chi connectivity index (χ0n) is 4.73. The molecule has 0 amide bonds. The quantitative estimate of drug-likeness (QED) is 0.509. The van der Waals surface area contributed by atoms with Gasteiger partial charge in [0.1, 0.15) is 0 Å². The number of allylic oxidation sites excluding steroid dienone is 1. The summed E-state index contributed by atoms with van der Waals surface area (Å²) in [6, 6.07) is 0. The van der Waals surface area contributed by atoms with Gasteiger partial charge in [-0.2, -0.15) is 0 Å². The molecule has 0 radical (unpaired) electrons. The second-order valence-electron chi connectivity index (χ2n) is 1.26. The van der Waals surface area contributed by atoms with Crippen LogP contribution in [0, 0.1) is 0 Å². The van der Waals surface area contributed by atoms with E-state index in [-0.39, 0.29) is 0 Å². The number of nitrogens with one attached hydrogen (secondary N) is 1. The number of hydrogen-bond donors (Lipinski definition) is 2. The lowest BCUT2D eigenvalue weighted by Crippen LogP contribution is -2.03. The first-order chi connectivity index (χ1) is 3.35. The molecule has 0 aromatic carbocycles. The molecule has 2 N–H and O–H groups in total. The summed E-state index contributed by atoms with van der Waals surface area (Å²) in [5, 5.41) is 11.1. The van der Waals surface area contributed by atoms with Crippen LogP contribution in [0.1, 0.15) is 13.3 Å². The standard InChI is InChI=1S/C5H11NO/c1-3-5(4-7)6-2/h4,6-7H,3H2,1-2H3/b5-4-. The molecule has 2 nitrogen and oxygen atoms in total. The largest absolute Gasteiger partial charge is 0.514 e. The molecule has 0 aliphatic carbocycles. The number of rotatable bonds is 2. The lowest BCUT2D eigenvalue weighted by atomic mass is 10.4. The third-order valence-corrected chi connectivity index (χ3v) is 0.858. The Morgan fingerprint density at radius 1 is 1.86 bits per heavy atom. The molecule has 0 rings (SSSR count). The third-order valence-electron chi connectivity index (χ3n) is 0.858. The minimum Gasteiger partial charge on any atom is -0.514 e. The molecule has 0 unspecified atom stereocenters. The lowest BCUT2D eigenvalue weighted by molar-refractivity contribution is 0.460. The Balaban J connectivity index is 3.38. The molecular weight excluding hydrogens is 90.1 g/mol. The van der Waals surface area contributed by atoms with Gasteiger partial charge in [-0.05, 0) is 6.42 Å². The minimum absolute atomic E-state index is 0.854. The first kappa shape index (κ1) is 6.34. The smallest absolute Gasteiger partial charge is 0.0980 e. The van der Waals surface area contributed by atoms with Gasteiger partial charge in [-0.15, -0.1) is 0 Å². The van der Waals surface area contributed by atoms with Crippen molar-refractivity contribution in [3.05, 3.63) is 12.0 Å². The van der Waals surface area contributed by atoms with Gasteiger partial charge in [0, 0.05) is 12.7 Å². The van der Waals surface area contributed by atoms with E-state index in [2.05, 4.69) is 5.32 Å². The fraction of sp³-hybridized carbons (Fsp3) is 0.600. The van der Waals surface area contributed by atoms with E-state index in [1.54, 1.807) is 7.05 Å². The Morgan fingerprint density at radius 2 is 2.43 bits per heavy atom. The van der Waals surface area contributed by atoms with E-state index in [1.165, 1.54) is 0 Å². The SMILES string of the molecule is CC/C(=C/O)NC. The van der Waals surface area contributed by atoms with Crippen molar-refractivity contribution < 1.29 is 5.11 Å². The summed E-state index contributed by atoms with van der Waals surface area (Å²) >= 11 is 0. The van der Waals surface area contributed by atoms with E-state index in [4.69, 9.17) is 5.11 Å². The Kier molecular flexibility index (Phi) is 3.19. The lowest BCUT2D eigenvalue weighted by Gasteiger charge is -1.96. The minimum atomic E-state index is 0.854. The highest BCUT2D eigenvalue weighted by Gasteiger charge is 1.82. The molecule has 0 saturated carbocycles. The van der Waals surface area contributed by atoms with Crippen molar-refractivity contribution >= 4 is 0 Å². The van der Waals surface area contributed by atoms with Crippen LogP contribution in [0.4, 0.5) is 0 Å². The van der Waals surface area contributed by atoms with Crippen molar-refractivity contribution in [3.63, 3.8) is 0 Å². The molecule has 7 heavy (non-hydrogen) atoms. The summed E-state index contributed by atoms with van der Waals surface area (Å²) in [5.74, 6) is 0. The van der Waals surface area contributed by atoms with Gasteiger partial charge < -0.3 is 10.4 Å². The van der Waals surface area contributed by atoms with Crippen molar-refractivity contribution in [1.29, 1.82) is 0 Å². The Hall–Kier alpha value is -0.660. The predicted octanol–water partition coefficient (Wildman–Crippen LogP) is 1.02. The molecule has 0 heterocycles. The second-order valence-corrected chi connectivity index (χ2v) is 1.26. The van der Waals surface area contributed by atoms with Gasteiger partial charge in [-0.1, -0.05) is 6.92 Å². The van der Waals surface area contributed by atoms with Gasteiger partial charge in [0.15, 0.2) is 0 Å². The Morgan fingerprint density at radius 3 is 2.43 bits per heavy atom. The van der Waals surface area contributed by atoms with E-state index in [0.29, 0.717) is 0 Å². The van der Waals surface area contributed by atoms with Crippen LogP contribution in [0.3, 0.4) is 0 Å². The summed E-state index contributed by atoms with van der Waals surface area (Å²) in [6.07, 6.45) is 1.94. The third kappa shape index (κ3) is 2.09. The van der Waals surface area contributed by atoms with Gasteiger partial charge in [0.05, 0.1) is 6.26 Å². The first-order valence-corrected chi connectivity index (χ1v) is 2.36. The highest BCUT2D eigenvalue weighted by atomic mass is 16.2. The Labute approximate surface area is 43.9 Å². The average Bonchev–Trinajstić information content (AvgIpc) is 1.72. The van der Waals surface area contributed by atoms with Gasteiger partial charge in [0.2, 0.25) is 0 Å². The van der Waals surface area contributed by atoms with Crippen molar-refractivity contribution in [1.82, 2.24) is 5.32 Å². The topological polar surface area (TPSA) is 32.3 Å². The fourth-order valence-corrected chi connectivity index (χ4v) is 0.333. The number of hydrogen-bond acceptors (Lipinski definition) is 2. The number of aliphatic hydroxyl groups excluding tert-OH is 1. The van der Waals surface area contributed by atoms with Gasteiger partial charge in [0.25, 0.3) is 0 Å². The maximum Gasteiger partial charge on any atom is 0.0980 e. The molecule has 42 valence electrons. The molecule has 0 aromatic rings. The molecule has 0 aliphatic heterocycles. The maximum absolute atomic E-state index is 8.30. The van der Waals surface area contributed by atoms with Gasteiger partial charge in [-0.25, -0.2) is 0 Å². The molecule has 0 aliphatic rings. The van der Waals surface area contributed by atoms with Crippen LogP contribution < -0.4 is 5.32 Å². The number of aliphatic hydroxyl groups is 1. The van der Waals surface area contributed by atoms with Crippen molar-refractivity contribution in [3.8, 4) is 0 Å². The van der Waals surface area contributed by atoms with Crippen LogP contribution in [0.25, 0.3) is 0 Å². The van der Waals surface area contributed by atoms with Crippen LogP contribution in [0.2, 0.25) is 0 Å². The zero-order chi connectivity index (χ0) is 5.70. The van der Waals surface area contributed by atoms with Crippen LogP contribution in [0.15, 0.2) is 12.0 Å². The van der Waals surface area contributed by atoms with Crippen LogP contribution in [0.5, 0.6) is 0 Å². The van der Waals surface area contributed by atoms with Crippen LogP contribution >= 0.6 is 0 Å². The molecule has 0 atom stereocenters. The molecule has 0 bridgehead atoms. The highest BCUT2D eigenvalue weighted by molar-refractivity contribution is 4.90. The molecular formula is C5H11NO. The van der Waals surface area contributed by atoms with Crippen molar-refractivity contribution in [2.45, 2.75) is 13.3 Å². The van der Waals surface area contributed by atoms with Gasteiger partial charge >= 0.3 is 0 Å². The zero-order valence-corrected chi connectivity index (χ0v) is 4.73. The molecule has 0 saturated heterocycles. The van der Waals surface area contributed by atoms with E-state index in [9.17, 15) is 0 Å². The van der Waals surface area contributed by atoms with Crippen molar-refractivity contribution in [2.75, 3.05) is 7.05 Å².